The van der Waals surface area contributed by atoms with Gasteiger partial charge in [0.25, 0.3) is 0 Å². The number of halogens is 2. The van der Waals surface area contributed by atoms with E-state index in [1.165, 1.54) is 18.2 Å². The van der Waals surface area contributed by atoms with Crippen LogP contribution in [0, 0.1) is 3.57 Å². The fraction of sp³-hybridized carbons (Fsp3) is 0. The van der Waals surface area contributed by atoms with E-state index in [0.29, 0.717) is 3.57 Å². The Morgan fingerprint density at radius 1 is 1.27 bits per heavy atom. The molecule has 0 bridgehead atoms. The van der Waals surface area contributed by atoms with Crippen LogP contribution in [0.5, 0.6) is 0 Å². The number of benzene rings is 1. The van der Waals surface area contributed by atoms with Crippen molar-refractivity contribution in [3.8, 4) is 0 Å². The summed E-state index contributed by atoms with van der Waals surface area (Å²) in [5.41, 5.74) is 0. The first-order chi connectivity index (χ1) is 5.02. The molecule has 0 aliphatic carbocycles. The van der Waals surface area contributed by atoms with Gasteiger partial charge in [0.1, 0.15) is 4.90 Å². The van der Waals surface area contributed by atoms with E-state index in [1.807, 2.05) is 0 Å². The zero-order chi connectivity index (χ0) is 8.48. The van der Waals surface area contributed by atoms with Crippen molar-refractivity contribution in [2.24, 2.45) is 0 Å². The van der Waals surface area contributed by atoms with Gasteiger partial charge in [-0.3, -0.25) is 0 Å². The highest BCUT2D eigenvalue weighted by atomic mass is 127. The fourth-order valence-corrected chi connectivity index (χ4v) is 2.36. The Labute approximate surface area is 77.8 Å². The van der Waals surface area contributed by atoms with Crippen LogP contribution in [-0.4, -0.2) is 8.42 Å². The van der Waals surface area contributed by atoms with E-state index >= 15 is 0 Å². The van der Waals surface area contributed by atoms with Crippen molar-refractivity contribution in [2.45, 2.75) is 4.90 Å². The van der Waals surface area contributed by atoms with Crippen LogP contribution >= 0.6 is 22.6 Å². The molecule has 0 saturated heterocycles. The Bertz CT molecular complexity index is 361. The second-order valence-corrected chi connectivity index (χ2v) is 4.35. The molecule has 0 heterocycles. The molecule has 0 amide bonds. The van der Waals surface area contributed by atoms with E-state index in [2.05, 4.69) is 0 Å². The third kappa shape index (κ3) is 2.13. The molecule has 0 saturated carbocycles. The van der Waals surface area contributed by atoms with Crippen molar-refractivity contribution < 1.29 is 12.3 Å². The Morgan fingerprint density at radius 2 is 1.82 bits per heavy atom. The first kappa shape index (κ1) is 8.92. The molecule has 0 aromatic heterocycles. The maximum atomic E-state index is 12.3. The molecule has 0 radical (unpaired) electrons. The lowest BCUT2D eigenvalue weighted by Crippen LogP contribution is -1.93. The van der Waals surface area contributed by atoms with E-state index in [1.54, 1.807) is 28.7 Å². The third-order valence-corrected chi connectivity index (χ3v) is 3.29. The molecule has 0 fully saturated rings. The quantitative estimate of drug-likeness (QED) is 0.584. The zero-order valence-electron chi connectivity index (χ0n) is 5.29. The molecule has 0 N–H and O–H groups in total. The molecule has 0 aliphatic rings. The van der Waals surface area contributed by atoms with Crippen LogP contribution < -0.4 is 0 Å². The van der Waals surface area contributed by atoms with Gasteiger partial charge in [-0.2, -0.15) is 8.42 Å². The maximum absolute atomic E-state index is 12.3. The fourth-order valence-electron chi connectivity index (χ4n) is 0.642. The van der Waals surface area contributed by atoms with Crippen molar-refractivity contribution in [3.05, 3.63) is 27.8 Å². The highest BCUT2D eigenvalue weighted by molar-refractivity contribution is 14.1. The normalized spacial score (nSPS) is 11.5. The SMILES string of the molecule is O=S(=O)(F)c1ccccc1I. The summed E-state index contributed by atoms with van der Waals surface area (Å²) in [6, 6.07) is 5.90. The second-order valence-electron chi connectivity index (χ2n) is 1.87. The Hall–Kier alpha value is -0.170. The lowest BCUT2D eigenvalue weighted by molar-refractivity contribution is 0.551. The summed E-state index contributed by atoms with van der Waals surface area (Å²) in [7, 11) is -4.54. The molecule has 11 heavy (non-hydrogen) atoms. The predicted molar refractivity (Wildman–Crippen MR) is 47.5 cm³/mol. The highest BCUT2D eigenvalue weighted by Crippen LogP contribution is 2.18. The van der Waals surface area contributed by atoms with Gasteiger partial charge in [-0.05, 0) is 34.7 Å². The molecule has 2 nitrogen and oxygen atoms in total. The molecule has 1 aromatic carbocycles. The third-order valence-electron chi connectivity index (χ3n) is 1.10. The van der Waals surface area contributed by atoms with Crippen molar-refractivity contribution in [2.75, 3.05) is 0 Å². The number of hydrogen-bond acceptors (Lipinski definition) is 2. The number of hydrogen-bond donors (Lipinski definition) is 0. The van der Waals surface area contributed by atoms with Crippen molar-refractivity contribution in [3.63, 3.8) is 0 Å². The smallest absolute Gasteiger partial charge is 0.189 e. The maximum Gasteiger partial charge on any atom is 0.333 e. The van der Waals surface area contributed by atoms with Crippen LogP contribution in [-0.2, 0) is 10.2 Å². The average molecular weight is 286 g/mol. The van der Waals surface area contributed by atoms with Crippen LogP contribution in [0.25, 0.3) is 0 Å². The van der Waals surface area contributed by atoms with Gasteiger partial charge < -0.3 is 0 Å². The second kappa shape index (κ2) is 3.06. The Morgan fingerprint density at radius 3 is 2.18 bits per heavy atom. The van der Waals surface area contributed by atoms with Gasteiger partial charge in [0.15, 0.2) is 0 Å². The van der Waals surface area contributed by atoms with Crippen molar-refractivity contribution in [1.29, 1.82) is 0 Å². The summed E-state index contributed by atoms with van der Waals surface area (Å²) >= 11 is 1.77. The molecule has 1 rings (SSSR count). The van der Waals surface area contributed by atoms with Gasteiger partial charge in [-0.15, -0.1) is 3.89 Å². The predicted octanol–water partition coefficient (Wildman–Crippen LogP) is 1.95. The van der Waals surface area contributed by atoms with Crippen LogP contribution in [0.4, 0.5) is 3.89 Å². The molecular formula is C6H4FIO2S. The number of rotatable bonds is 1. The molecule has 0 atom stereocenters. The first-order valence-corrected chi connectivity index (χ1v) is 5.17. The van der Waals surface area contributed by atoms with Crippen LogP contribution in [0.3, 0.4) is 0 Å². The van der Waals surface area contributed by atoms with Gasteiger partial charge in [-0.1, -0.05) is 12.1 Å². The van der Waals surface area contributed by atoms with Gasteiger partial charge in [0.05, 0.1) is 0 Å². The summed E-state index contributed by atoms with van der Waals surface area (Å²) in [5, 5.41) is 0. The Kier molecular flexibility index (Phi) is 2.48. The van der Waals surface area contributed by atoms with Gasteiger partial charge in [-0.25, -0.2) is 0 Å². The lowest BCUT2D eigenvalue weighted by Gasteiger charge is -1.95. The lowest BCUT2D eigenvalue weighted by atomic mass is 10.4. The zero-order valence-corrected chi connectivity index (χ0v) is 8.26. The minimum absolute atomic E-state index is 0.263. The van der Waals surface area contributed by atoms with Crippen LogP contribution in [0.2, 0.25) is 0 Å². The summed E-state index contributed by atoms with van der Waals surface area (Å²) < 4.78 is 33.5. The highest BCUT2D eigenvalue weighted by Gasteiger charge is 2.14. The molecule has 0 aliphatic heterocycles. The first-order valence-electron chi connectivity index (χ1n) is 2.71. The molecule has 0 spiro atoms. The largest absolute Gasteiger partial charge is 0.333 e. The topological polar surface area (TPSA) is 34.1 Å². The summed E-state index contributed by atoms with van der Waals surface area (Å²) in [6.07, 6.45) is 0. The van der Waals surface area contributed by atoms with Gasteiger partial charge >= 0.3 is 10.2 Å². The minimum Gasteiger partial charge on any atom is -0.189 e. The molecule has 60 valence electrons. The van der Waals surface area contributed by atoms with Gasteiger partial charge in [0, 0.05) is 3.57 Å². The van der Waals surface area contributed by atoms with Gasteiger partial charge in [0.2, 0.25) is 0 Å². The molecule has 5 heteroatoms. The summed E-state index contributed by atoms with van der Waals surface area (Å²) in [6.45, 7) is 0. The molecule has 0 unspecified atom stereocenters. The summed E-state index contributed by atoms with van der Waals surface area (Å²) in [5.74, 6) is 0. The average Bonchev–Trinajstić information content (AvgIpc) is 1.86. The molecule has 1 aromatic rings. The van der Waals surface area contributed by atoms with Crippen molar-refractivity contribution in [1.82, 2.24) is 0 Å². The van der Waals surface area contributed by atoms with E-state index in [4.69, 9.17) is 0 Å². The molecular weight excluding hydrogens is 282 g/mol. The van der Waals surface area contributed by atoms with Crippen molar-refractivity contribution >= 4 is 32.8 Å². The van der Waals surface area contributed by atoms with Crippen LogP contribution in [0.1, 0.15) is 0 Å². The Balaban J connectivity index is 3.37. The van der Waals surface area contributed by atoms with E-state index in [9.17, 15) is 12.3 Å². The summed E-state index contributed by atoms with van der Waals surface area (Å²) in [4.78, 5) is -0.263. The monoisotopic (exact) mass is 286 g/mol. The standard InChI is InChI=1S/C6H4FIO2S/c7-11(9,10)6-4-2-1-3-5(6)8/h1-4H. The van der Waals surface area contributed by atoms with E-state index < -0.39 is 10.2 Å². The van der Waals surface area contributed by atoms with Crippen LogP contribution in [0.15, 0.2) is 29.2 Å². The minimum atomic E-state index is -4.54. The van der Waals surface area contributed by atoms with E-state index in [-0.39, 0.29) is 4.90 Å². The van der Waals surface area contributed by atoms with E-state index in [0.717, 1.165) is 0 Å².